The molecule has 0 bridgehead atoms. The number of piperidine rings is 1. The first-order valence-electron chi connectivity index (χ1n) is 9.37. The highest BCUT2D eigenvalue weighted by Gasteiger charge is 2.43. The second-order valence-corrected chi connectivity index (χ2v) is 7.22. The van der Waals surface area contributed by atoms with Gasteiger partial charge in [-0.05, 0) is 43.4 Å². The highest BCUT2D eigenvalue weighted by atomic mass is 16.5. The van der Waals surface area contributed by atoms with Crippen molar-refractivity contribution in [1.82, 2.24) is 10.2 Å². The van der Waals surface area contributed by atoms with Gasteiger partial charge in [0.1, 0.15) is 5.75 Å². The van der Waals surface area contributed by atoms with Gasteiger partial charge in [0, 0.05) is 19.1 Å². The van der Waals surface area contributed by atoms with Crippen LogP contribution in [0.3, 0.4) is 0 Å². The van der Waals surface area contributed by atoms with E-state index in [1.54, 1.807) is 12.0 Å². The zero-order valence-corrected chi connectivity index (χ0v) is 15.6. The van der Waals surface area contributed by atoms with E-state index in [0.717, 1.165) is 49.8 Å². The number of carbonyl (C=O) groups is 2. The average molecular weight is 360 g/mol. The van der Waals surface area contributed by atoms with Crippen molar-refractivity contribution in [3.05, 3.63) is 29.8 Å². The number of likely N-dealkylation sites (tertiary alicyclic amines) is 1. The van der Waals surface area contributed by atoms with Gasteiger partial charge in [0.05, 0.1) is 19.6 Å². The first-order valence-corrected chi connectivity index (χ1v) is 9.37. The Bertz CT molecular complexity index is 630. The summed E-state index contributed by atoms with van der Waals surface area (Å²) in [5.74, 6) is 0.925. The summed E-state index contributed by atoms with van der Waals surface area (Å²) >= 11 is 0. The maximum atomic E-state index is 13.2. The van der Waals surface area contributed by atoms with E-state index in [0.29, 0.717) is 13.1 Å². The van der Waals surface area contributed by atoms with Gasteiger partial charge in [0.25, 0.3) is 0 Å². The summed E-state index contributed by atoms with van der Waals surface area (Å²) in [5, 5.41) is 3.26. The predicted octanol–water partition coefficient (Wildman–Crippen LogP) is 2.85. The maximum Gasteiger partial charge on any atom is 0.409 e. The van der Waals surface area contributed by atoms with Crippen LogP contribution in [0.1, 0.15) is 44.1 Å². The van der Waals surface area contributed by atoms with E-state index in [1.165, 1.54) is 7.11 Å². The minimum absolute atomic E-state index is 0.110. The SMILES string of the molecule is COC(=O)N1CCC(NC(=O)C2(c3ccc(OC)cc3)CCCC2)CC1. The molecule has 2 fully saturated rings. The fraction of sp³-hybridized carbons (Fsp3) is 0.600. The Balaban J connectivity index is 1.67. The summed E-state index contributed by atoms with van der Waals surface area (Å²) in [6.07, 6.45) is 5.14. The Morgan fingerprint density at radius 1 is 1.08 bits per heavy atom. The lowest BCUT2D eigenvalue weighted by atomic mass is 9.77. The molecule has 0 radical (unpaired) electrons. The van der Waals surface area contributed by atoms with Crippen molar-refractivity contribution >= 4 is 12.0 Å². The second kappa shape index (κ2) is 7.98. The Morgan fingerprint density at radius 2 is 1.69 bits per heavy atom. The van der Waals surface area contributed by atoms with Crippen LogP contribution in [0.2, 0.25) is 0 Å². The lowest BCUT2D eigenvalue weighted by Gasteiger charge is -2.35. The topological polar surface area (TPSA) is 67.9 Å². The summed E-state index contributed by atoms with van der Waals surface area (Å²) < 4.78 is 10.0. The van der Waals surface area contributed by atoms with Crippen molar-refractivity contribution in [2.75, 3.05) is 27.3 Å². The van der Waals surface area contributed by atoms with Gasteiger partial charge in [-0.25, -0.2) is 4.79 Å². The minimum atomic E-state index is -0.439. The molecule has 26 heavy (non-hydrogen) atoms. The van der Waals surface area contributed by atoms with Crippen molar-refractivity contribution in [3.63, 3.8) is 0 Å². The molecule has 2 aliphatic rings. The van der Waals surface area contributed by atoms with E-state index in [1.807, 2.05) is 24.3 Å². The Morgan fingerprint density at radius 3 is 2.23 bits per heavy atom. The smallest absolute Gasteiger partial charge is 0.409 e. The third-order valence-electron chi connectivity index (χ3n) is 5.80. The van der Waals surface area contributed by atoms with Crippen LogP contribution < -0.4 is 10.1 Å². The zero-order valence-electron chi connectivity index (χ0n) is 15.6. The lowest BCUT2D eigenvalue weighted by molar-refractivity contribution is -0.127. The van der Waals surface area contributed by atoms with Crippen molar-refractivity contribution < 1.29 is 19.1 Å². The van der Waals surface area contributed by atoms with E-state index >= 15 is 0 Å². The number of hydrogen-bond donors (Lipinski definition) is 1. The van der Waals surface area contributed by atoms with E-state index in [-0.39, 0.29) is 18.0 Å². The average Bonchev–Trinajstić information content (AvgIpc) is 3.19. The normalized spacial score (nSPS) is 19.8. The Kier molecular flexibility index (Phi) is 5.69. The predicted molar refractivity (Wildman–Crippen MR) is 98.3 cm³/mol. The van der Waals surface area contributed by atoms with Gasteiger partial charge in [0.2, 0.25) is 5.91 Å². The summed E-state index contributed by atoms with van der Waals surface area (Å²) in [7, 11) is 3.04. The van der Waals surface area contributed by atoms with Gasteiger partial charge in [-0.1, -0.05) is 25.0 Å². The molecule has 2 amide bonds. The van der Waals surface area contributed by atoms with Gasteiger partial charge in [-0.3, -0.25) is 4.79 Å². The third kappa shape index (κ3) is 3.64. The number of carbonyl (C=O) groups excluding carboxylic acids is 2. The van der Waals surface area contributed by atoms with E-state index < -0.39 is 5.41 Å². The number of amides is 2. The van der Waals surface area contributed by atoms with Crippen LogP contribution in [0, 0.1) is 0 Å². The van der Waals surface area contributed by atoms with Crippen molar-refractivity contribution in [3.8, 4) is 5.75 Å². The molecular formula is C20H28N2O4. The molecule has 1 aliphatic carbocycles. The number of hydrogen-bond acceptors (Lipinski definition) is 4. The molecule has 0 unspecified atom stereocenters. The molecule has 6 nitrogen and oxygen atoms in total. The Labute approximate surface area is 154 Å². The molecule has 1 saturated carbocycles. The zero-order chi connectivity index (χ0) is 18.6. The van der Waals surface area contributed by atoms with Crippen LogP contribution in [0.25, 0.3) is 0 Å². The van der Waals surface area contributed by atoms with Crippen LogP contribution in [0.5, 0.6) is 5.75 Å². The molecule has 1 heterocycles. The van der Waals surface area contributed by atoms with Crippen LogP contribution in [0.4, 0.5) is 4.79 Å². The summed E-state index contributed by atoms with van der Waals surface area (Å²) in [4.78, 5) is 26.5. The minimum Gasteiger partial charge on any atom is -0.497 e. The van der Waals surface area contributed by atoms with Crippen LogP contribution in [-0.2, 0) is 14.9 Å². The molecule has 3 rings (SSSR count). The third-order valence-corrected chi connectivity index (χ3v) is 5.80. The quantitative estimate of drug-likeness (QED) is 0.896. The fourth-order valence-electron chi connectivity index (χ4n) is 4.19. The van der Waals surface area contributed by atoms with Gasteiger partial charge < -0.3 is 19.7 Å². The van der Waals surface area contributed by atoms with Gasteiger partial charge in [-0.15, -0.1) is 0 Å². The number of nitrogens with zero attached hydrogens (tertiary/aromatic N) is 1. The standard InChI is InChI=1S/C20H28N2O4/c1-25-17-7-5-15(6-8-17)20(11-3-4-12-20)18(23)21-16-9-13-22(14-10-16)19(24)26-2/h5-8,16H,3-4,9-14H2,1-2H3,(H,21,23). The molecular weight excluding hydrogens is 332 g/mol. The molecule has 142 valence electrons. The van der Waals surface area contributed by atoms with Gasteiger partial charge >= 0.3 is 6.09 Å². The Hall–Kier alpha value is -2.24. The number of benzene rings is 1. The maximum absolute atomic E-state index is 13.2. The monoisotopic (exact) mass is 360 g/mol. The first-order chi connectivity index (χ1) is 12.6. The molecule has 0 aromatic heterocycles. The molecule has 1 N–H and O–H groups in total. The lowest BCUT2D eigenvalue weighted by Crippen LogP contribution is -2.51. The van der Waals surface area contributed by atoms with Gasteiger partial charge in [-0.2, -0.15) is 0 Å². The molecule has 1 aromatic rings. The van der Waals surface area contributed by atoms with Crippen LogP contribution in [-0.4, -0.2) is 50.3 Å². The van der Waals surface area contributed by atoms with Crippen molar-refractivity contribution in [2.45, 2.75) is 50.0 Å². The highest BCUT2D eigenvalue weighted by Crippen LogP contribution is 2.42. The molecule has 1 aromatic carbocycles. The molecule has 0 spiro atoms. The van der Waals surface area contributed by atoms with Gasteiger partial charge in [0.15, 0.2) is 0 Å². The van der Waals surface area contributed by atoms with Crippen LogP contribution >= 0.6 is 0 Å². The van der Waals surface area contributed by atoms with Crippen LogP contribution in [0.15, 0.2) is 24.3 Å². The first kappa shape index (κ1) is 18.5. The second-order valence-electron chi connectivity index (χ2n) is 7.22. The fourth-order valence-corrected chi connectivity index (χ4v) is 4.19. The number of rotatable bonds is 4. The van der Waals surface area contributed by atoms with Crippen molar-refractivity contribution in [1.29, 1.82) is 0 Å². The number of ether oxygens (including phenoxy) is 2. The largest absolute Gasteiger partial charge is 0.497 e. The summed E-state index contributed by atoms with van der Waals surface area (Å²) in [5.41, 5.74) is 0.631. The van der Waals surface area contributed by atoms with E-state index in [2.05, 4.69) is 5.32 Å². The molecule has 1 aliphatic heterocycles. The summed E-state index contributed by atoms with van der Waals surface area (Å²) in [6.45, 7) is 1.24. The van der Waals surface area contributed by atoms with E-state index in [9.17, 15) is 9.59 Å². The molecule has 0 atom stereocenters. The van der Waals surface area contributed by atoms with Crippen molar-refractivity contribution in [2.24, 2.45) is 0 Å². The highest BCUT2D eigenvalue weighted by molar-refractivity contribution is 5.89. The molecule has 6 heteroatoms. The number of methoxy groups -OCH3 is 2. The van der Waals surface area contributed by atoms with E-state index in [4.69, 9.17) is 9.47 Å². The summed E-state index contributed by atoms with van der Waals surface area (Å²) in [6, 6.07) is 8.00. The number of nitrogens with one attached hydrogen (secondary N) is 1. The molecule has 1 saturated heterocycles.